The molecule has 0 fully saturated rings. The summed E-state index contributed by atoms with van der Waals surface area (Å²) in [6.45, 7) is 0. The van der Waals surface area contributed by atoms with Gasteiger partial charge >= 0.3 is 0 Å². The van der Waals surface area contributed by atoms with Crippen molar-refractivity contribution in [2.75, 3.05) is 6.26 Å². The SMILES string of the molecule is CSc1cc[cH-]c1. The van der Waals surface area contributed by atoms with Crippen LogP contribution in [-0.2, 0) is 0 Å². The molecule has 0 unspecified atom stereocenters. The largest absolute Gasteiger partial charge is 0.211 e. The first-order chi connectivity index (χ1) is 3.43. The topological polar surface area (TPSA) is 0 Å². The Labute approximate surface area is 47.9 Å². The Bertz CT molecular complexity index is 119. The molecule has 0 spiro atoms. The van der Waals surface area contributed by atoms with Gasteiger partial charge in [-0.15, -0.1) is 4.90 Å². The van der Waals surface area contributed by atoms with Gasteiger partial charge in [0.2, 0.25) is 0 Å². The van der Waals surface area contributed by atoms with Crippen molar-refractivity contribution in [2.45, 2.75) is 4.90 Å². The zero-order chi connectivity index (χ0) is 5.11. The molecular weight excluding hydrogens is 104 g/mol. The van der Waals surface area contributed by atoms with Crippen LogP contribution in [0.5, 0.6) is 0 Å². The molecule has 0 aliphatic rings. The first-order valence-corrected chi connectivity index (χ1v) is 3.41. The predicted octanol–water partition coefficient (Wildman–Crippen LogP) is 2.13. The van der Waals surface area contributed by atoms with Crippen LogP contribution in [0.2, 0.25) is 0 Å². The molecule has 0 nitrogen and oxygen atoms in total. The number of rotatable bonds is 1. The summed E-state index contributed by atoms with van der Waals surface area (Å²) in [7, 11) is 0. The molecule has 38 valence electrons. The second-order valence-electron chi connectivity index (χ2n) is 1.32. The van der Waals surface area contributed by atoms with Crippen LogP contribution >= 0.6 is 11.8 Å². The summed E-state index contributed by atoms with van der Waals surface area (Å²) in [4.78, 5) is 1.35. The fraction of sp³-hybridized carbons (Fsp3) is 0.167. The lowest BCUT2D eigenvalue weighted by Crippen LogP contribution is -1.50. The van der Waals surface area contributed by atoms with Gasteiger partial charge in [-0.05, 0) is 6.26 Å². The highest BCUT2D eigenvalue weighted by Gasteiger charge is 1.69. The molecule has 0 aromatic heterocycles. The Morgan fingerprint density at radius 2 is 2.57 bits per heavy atom. The third-order valence-electron chi connectivity index (χ3n) is 0.868. The van der Waals surface area contributed by atoms with E-state index in [0.717, 1.165) is 0 Å². The van der Waals surface area contributed by atoms with Gasteiger partial charge in [0, 0.05) is 0 Å². The van der Waals surface area contributed by atoms with Crippen molar-refractivity contribution < 1.29 is 0 Å². The van der Waals surface area contributed by atoms with E-state index in [4.69, 9.17) is 0 Å². The third-order valence-corrected chi connectivity index (χ3v) is 1.61. The van der Waals surface area contributed by atoms with Gasteiger partial charge in [0.05, 0.1) is 0 Å². The lowest BCUT2D eigenvalue weighted by Gasteiger charge is -1.91. The van der Waals surface area contributed by atoms with E-state index in [0.29, 0.717) is 0 Å². The van der Waals surface area contributed by atoms with Crippen LogP contribution in [0.25, 0.3) is 0 Å². The molecule has 0 aliphatic heterocycles. The predicted molar refractivity (Wildman–Crippen MR) is 33.8 cm³/mol. The number of hydrogen-bond donors (Lipinski definition) is 0. The smallest absolute Gasteiger partial charge is 0.0268 e. The van der Waals surface area contributed by atoms with Gasteiger partial charge < -0.3 is 0 Å². The fourth-order valence-corrected chi connectivity index (χ4v) is 0.922. The Morgan fingerprint density at radius 3 is 2.86 bits per heavy atom. The van der Waals surface area contributed by atoms with Gasteiger partial charge in [0.1, 0.15) is 0 Å². The van der Waals surface area contributed by atoms with E-state index in [-0.39, 0.29) is 0 Å². The van der Waals surface area contributed by atoms with Gasteiger partial charge in [-0.25, -0.2) is 17.8 Å². The molecule has 0 bridgehead atoms. The zero-order valence-corrected chi connectivity index (χ0v) is 5.03. The molecule has 0 heterocycles. The Hall–Kier alpha value is -0.300. The van der Waals surface area contributed by atoms with Crippen molar-refractivity contribution in [1.82, 2.24) is 0 Å². The maximum Gasteiger partial charge on any atom is -0.0268 e. The highest BCUT2D eigenvalue weighted by molar-refractivity contribution is 7.98. The van der Waals surface area contributed by atoms with Crippen LogP contribution in [0.4, 0.5) is 0 Å². The lowest BCUT2D eigenvalue weighted by molar-refractivity contribution is 1.59. The quantitative estimate of drug-likeness (QED) is 0.395. The van der Waals surface area contributed by atoms with Crippen molar-refractivity contribution in [1.29, 1.82) is 0 Å². The van der Waals surface area contributed by atoms with Gasteiger partial charge in [-0.3, -0.25) is 0 Å². The minimum atomic E-state index is 1.35. The first-order valence-electron chi connectivity index (χ1n) is 2.19. The standard InChI is InChI=1S/C6H7S/c1-7-6-4-2-3-5-6/h2-5H,1H3/q-1. The molecule has 1 aromatic rings. The van der Waals surface area contributed by atoms with Crippen LogP contribution in [-0.4, -0.2) is 6.26 Å². The second kappa shape index (κ2) is 2.12. The molecule has 1 aromatic carbocycles. The second-order valence-corrected chi connectivity index (χ2v) is 2.20. The van der Waals surface area contributed by atoms with E-state index in [9.17, 15) is 0 Å². The summed E-state index contributed by atoms with van der Waals surface area (Å²) >= 11 is 1.78. The summed E-state index contributed by atoms with van der Waals surface area (Å²) < 4.78 is 0. The minimum absolute atomic E-state index is 1.35. The molecule has 1 heteroatoms. The van der Waals surface area contributed by atoms with Crippen molar-refractivity contribution >= 4 is 11.8 Å². The lowest BCUT2D eigenvalue weighted by atomic mass is 10.7. The number of thioether (sulfide) groups is 1. The summed E-state index contributed by atoms with van der Waals surface area (Å²) in [5, 5.41) is 0. The first kappa shape index (κ1) is 4.85. The molecule has 0 N–H and O–H groups in total. The van der Waals surface area contributed by atoms with Gasteiger partial charge in [-0.1, -0.05) is 0 Å². The van der Waals surface area contributed by atoms with Crippen molar-refractivity contribution in [3.8, 4) is 0 Å². The van der Waals surface area contributed by atoms with Crippen LogP contribution < -0.4 is 0 Å². The Morgan fingerprint density at radius 1 is 1.71 bits per heavy atom. The molecule has 1 rings (SSSR count). The highest BCUT2D eigenvalue weighted by atomic mass is 32.2. The van der Waals surface area contributed by atoms with Crippen molar-refractivity contribution in [3.63, 3.8) is 0 Å². The highest BCUT2D eigenvalue weighted by Crippen LogP contribution is 2.12. The van der Waals surface area contributed by atoms with Crippen LogP contribution in [0.3, 0.4) is 0 Å². The molecule has 0 atom stereocenters. The van der Waals surface area contributed by atoms with Gasteiger partial charge in [-0.2, -0.15) is 18.2 Å². The van der Waals surface area contributed by atoms with Crippen LogP contribution in [0.15, 0.2) is 29.2 Å². The van der Waals surface area contributed by atoms with E-state index < -0.39 is 0 Å². The van der Waals surface area contributed by atoms with Crippen LogP contribution in [0.1, 0.15) is 0 Å². The minimum Gasteiger partial charge on any atom is -0.211 e. The van der Waals surface area contributed by atoms with Crippen molar-refractivity contribution in [2.24, 2.45) is 0 Å². The summed E-state index contributed by atoms with van der Waals surface area (Å²) in [5.74, 6) is 0. The van der Waals surface area contributed by atoms with Crippen LogP contribution in [0, 0.1) is 0 Å². The van der Waals surface area contributed by atoms with E-state index in [2.05, 4.69) is 18.4 Å². The average molecular weight is 111 g/mol. The van der Waals surface area contributed by atoms with Gasteiger partial charge in [0.15, 0.2) is 0 Å². The van der Waals surface area contributed by atoms with Gasteiger partial charge in [0.25, 0.3) is 0 Å². The zero-order valence-electron chi connectivity index (χ0n) is 4.22. The summed E-state index contributed by atoms with van der Waals surface area (Å²) in [5.41, 5.74) is 0. The van der Waals surface area contributed by atoms with E-state index in [1.165, 1.54) is 4.90 Å². The Balaban J connectivity index is 2.76. The molecule has 0 saturated carbocycles. The third kappa shape index (κ3) is 1.03. The molecule has 0 saturated heterocycles. The monoisotopic (exact) mass is 111 g/mol. The molecular formula is C6H7S-. The maximum atomic E-state index is 2.10. The van der Waals surface area contributed by atoms with E-state index >= 15 is 0 Å². The average Bonchev–Trinajstić information content (AvgIpc) is 2.14. The normalized spacial score (nSPS) is 9.29. The van der Waals surface area contributed by atoms with E-state index in [1.54, 1.807) is 11.8 Å². The Kier molecular flexibility index (Phi) is 1.47. The molecule has 7 heavy (non-hydrogen) atoms. The fourth-order valence-electron chi connectivity index (χ4n) is 0.492. The van der Waals surface area contributed by atoms with E-state index in [1.807, 2.05) is 12.1 Å². The molecule has 0 amide bonds. The van der Waals surface area contributed by atoms with Crippen molar-refractivity contribution in [3.05, 3.63) is 24.3 Å². The molecule has 0 aliphatic carbocycles. The maximum absolute atomic E-state index is 2.10. The summed E-state index contributed by atoms with van der Waals surface area (Å²) in [6, 6.07) is 8.30. The molecule has 0 radical (unpaired) electrons. The number of hydrogen-bond acceptors (Lipinski definition) is 1. The summed E-state index contributed by atoms with van der Waals surface area (Å²) in [6.07, 6.45) is 2.08.